The van der Waals surface area contributed by atoms with Gasteiger partial charge in [0.25, 0.3) is 0 Å². The van der Waals surface area contributed by atoms with Crippen LogP contribution in [0.3, 0.4) is 0 Å². The van der Waals surface area contributed by atoms with Gasteiger partial charge in [0.15, 0.2) is 0 Å². The summed E-state index contributed by atoms with van der Waals surface area (Å²) in [6.45, 7) is 19.1. The van der Waals surface area contributed by atoms with Crippen molar-refractivity contribution in [2.75, 3.05) is 0 Å². The standard InChI is InChI=1S/C26H40O2.C3H6.C2H6.CH4/c1-17-21(28)10-12-25(4)22-8-7-18-19(23(22,2)14-15-24(17,25)3)9-13-26(16-27)11-5-6-20(18)26;1-3-2;1-2;/h16-20,22H,5-15H2,1-4H3;3H,1H2,2H3;1-2H3;1H4. The summed E-state index contributed by atoms with van der Waals surface area (Å²) < 4.78 is 0. The second-order valence-electron chi connectivity index (χ2n) is 12.7. The maximum Gasteiger partial charge on any atom is 0.136 e. The van der Waals surface area contributed by atoms with Gasteiger partial charge in [0.1, 0.15) is 12.1 Å². The molecule has 0 N–H and O–H groups in total. The summed E-state index contributed by atoms with van der Waals surface area (Å²) in [6, 6.07) is 0. The minimum atomic E-state index is 0. The van der Waals surface area contributed by atoms with Crippen molar-refractivity contribution >= 4 is 12.1 Å². The molecule has 9 atom stereocenters. The first-order valence-corrected chi connectivity index (χ1v) is 14.2. The fourth-order valence-corrected chi connectivity index (χ4v) is 10.1. The van der Waals surface area contributed by atoms with E-state index in [1.165, 1.54) is 51.2 Å². The molecule has 0 heterocycles. The van der Waals surface area contributed by atoms with Gasteiger partial charge >= 0.3 is 0 Å². The highest BCUT2D eigenvalue weighted by Crippen LogP contribution is 2.74. The van der Waals surface area contributed by atoms with Crippen molar-refractivity contribution in [1.82, 2.24) is 0 Å². The van der Waals surface area contributed by atoms with Gasteiger partial charge in [0, 0.05) is 17.8 Å². The Hall–Kier alpha value is -0.920. The molecule has 0 bridgehead atoms. The van der Waals surface area contributed by atoms with Gasteiger partial charge in [-0.25, -0.2) is 0 Å². The fourth-order valence-electron chi connectivity index (χ4n) is 10.1. The van der Waals surface area contributed by atoms with Crippen molar-refractivity contribution in [3.8, 4) is 0 Å². The quantitative estimate of drug-likeness (QED) is 0.282. The van der Waals surface area contributed by atoms with Crippen molar-refractivity contribution in [2.24, 2.45) is 51.2 Å². The van der Waals surface area contributed by atoms with Crippen LogP contribution in [0.4, 0.5) is 0 Å². The van der Waals surface area contributed by atoms with Gasteiger partial charge in [-0.1, -0.05) is 61.5 Å². The number of hydrogen-bond acceptors (Lipinski definition) is 2. The van der Waals surface area contributed by atoms with E-state index in [2.05, 4.69) is 34.3 Å². The number of hydrogen-bond donors (Lipinski definition) is 0. The average molecular weight is 473 g/mol. The molecule has 0 amide bonds. The minimum Gasteiger partial charge on any atom is -0.303 e. The van der Waals surface area contributed by atoms with Gasteiger partial charge in [0.2, 0.25) is 0 Å². The summed E-state index contributed by atoms with van der Waals surface area (Å²) in [5, 5.41) is 0. The third-order valence-electron chi connectivity index (χ3n) is 12.1. The SMILES string of the molecule is C.C=CC.CC.CC1C(=O)CCC2(C)C3CCC4C5CCCC5(C=O)CCC4C3(C)CCC12C. The lowest BCUT2D eigenvalue weighted by Gasteiger charge is -2.70. The average Bonchev–Trinajstić information content (AvgIpc) is 3.26. The molecule has 0 saturated heterocycles. The fraction of sp³-hybridized carbons (Fsp3) is 0.875. The number of fused-ring (bicyclic) bond motifs is 7. The Morgan fingerprint density at radius 2 is 1.53 bits per heavy atom. The maximum absolute atomic E-state index is 12.6. The van der Waals surface area contributed by atoms with E-state index < -0.39 is 0 Å². The summed E-state index contributed by atoms with van der Waals surface area (Å²) in [5.74, 6) is 3.72. The highest BCUT2D eigenvalue weighted by Gasteiger charge is 2.67. The molecule has 0 aliphatic heterocycles. The van der Waals surface area contributed by atoms with Gasteiger partial charge in [-0.2, -0.15) is 0 Å². The van der Waals surface area contributed by atoms with E-state index in [9.17, 15) is 9.59 Å². The second kappa shape index (κ2) is 10.6. The largest absolute Gasteiger partial charge is 0.303 e. The van der Waals surface area contributed by atoms with Crippen LogP contribution in [0.25, 0.3) is 0 Å². The predicted octanol–water partition coefficient (Wildman–Crippen LogP) is 9.07. The minimum absolute atomic E-state index is 0. The second-order valence-corrected chi connectivity index (χ2v) is 12.7. The van der Waals surface area contributed by atoms with Crippen LogP contribution in [0, 0.1) is 51.2 Å². The maximum atomic E-state index is 12.6. The van der Waals surface area contributed by atoms with Crippen molar-refractivity contribution < 1.29 is 9.59 Å². The van der Waals surface area contributed by atoms with E-state index in [0.717, 1.165) is 43.4 Å². The van der Waals surface area contributed by atoms with Crippen LogP contribution < -0.4 is 0 Å². The Kier molecular flexibility index (Phi) is 9.13. The molecule has 5 saturated carbocycles. The molecule has 0 aromatic rings. The Balaban J connectivity index is 0.000000633. The van der Waals surface area contributed by atoms with Crippen LogP contribution in [-0.4, -0.2) is 12.1 Å². The van der Waals surface area contributed by atoms with Gasteiger partial charge in [-0.3, -0.25) is 4.79 Å². The number of Topliss-reactive ketones (excluding diaryl/α,β-unsaturated/α-hetero) is 1. The number of carbonyl (C=O) groups excluding carboxylic acids is 2. The van der Waals surface area contributed by atoms with E-state index in [1.54, 1.807) is 6.08 Å². The Labute approximate surface area is 212 Å². The molecule has 2 nitrogen and oxygen atoms in total. The summed E-state index contributed by atoms with van der Waals surface area (Å²) in [5.41, 5.74) is 0.916. The van der Waals surface area contributed by atoms with Gasteiger partial charge in [-0.05, 0) is 105 Å². The van der Waals surface area contributed by atoms with E-state index in [0.29, 0.717) is 22.5 Å². The van der Waals surface area contributed by atoms with E-state index in [4.69, 9.17) is 0 Å². The first kappa shape index (κ1) is 29.3. The molecule has 0 radical (unpaired) electrons. The third kappa shape index (κ3) is 3.98. The molecular weight excluding hydrogens is 416 g/mol. The molecule has 5 fully saturated rings. The van der Waals surface area contributed by atoms with Crippen molar-refractivity contribution in [3.63, 3.8) is 0 Å². The van der Waals surface area contributed by atoms with E-state index in [-0.39, 0.29) is 24.2 Å². The first-order valence-electron chi connectivity index (χ1n) is 14.2. The molecule has 5 aliphatic rings. The Morgan fingerprint density at radius 1 is 0.882 bits per heavy atom. The number of carbonyl (C=O) groups is 2. The van der Waals surface area contributed by atoms with Crippen LogP contribution in [0.15, 0.2) is 12.7 Å². The molecule has 9 unspecified atom stereocenters. The third-order valence-corrected chi connectivity index (χ3v) is 12.1. The Morgan fingerprint density at radius 3 is 2.15 bits per heavy atom. The van der Waals surface area contributed by atoms with Crippen LogP contribution in [0.5, 0.6) is 0 Å². The predicted molar refractivity (Wildman–Crippen MR) is 146 cm³/mol. The monoisotopic (exact) mass is 472 g/mol. The lowest BCUT2D eigenvalue weighted by Crippen LogP contribution is -2.64. The van der Waals surface area contributed by atoms with Crippen LogP contribution in [0.1, 0.15) is 127 Å². The highest BCUT2D eigenvalue weighted by molar-refractivity contribution is 5.82. The topological polar surface area (TPSA) is 34.1 Å². The summed E-state index contributed by atoms with van der Waals surface area (Å²) in [6.07, 6.45) is 16.3. The number of ketones is 1. The van der Waals surface area contributed by atoms with Crippen LogP contribution in [-0.2, 0) is 9.59 Å². The Bertz CT molecular complexity index is 741. The molecule has 5 rings (SSSR count). The van der Waals surface area contributed by atoms with Crippen LogP contribution in [0.2, 0.25) is 0 Å². The zero-order valence-electron chi connectivity index (χ0n) is 22.8. The van der Waals surface area contributed by atoms with Crippen molar-refractivity contribution in [1.29, 1.82) is 0 Å². The molecule has 5 aliphatic carbocycles. The zero-order chi connectivity index (χ0) is 24.7. The van der Waals surface area contributed by atoms with Crippen LogP contribution >= 0.6 is 0 Å². The van der Waals surface area contributed by atoms with Crippen molar-refractivity contribution in [2.45, 2.75) is 127 Å². The van der Waals surface area contributed by atoms with Crippen molar-refractivity contribution in [3.05, 3.63) is 12.7 Å². The molecule has 0 aromatic heterocycles. The summed E-state index contributed by atoms with van der Waals surface area (Å²) in [4.78, 5) is 24.7. The normalized spacial score (nSPS) is 48.6. The molecule has 34 heavy (non-hydrogen) atoms. The van der Waals surface area contributed by atoms with E-state index >= 15 is 0 Å². The lowest BCUT2D eigenvalue weighted by atomic mass is 9.34. The molecule has 0 spiro atoms. The summed E-state index contributed by atoms with van der Waals surface area (Å²) >= 11 is 0. The number of allylic oxidation sites excluding steroid dienone is 1. The molecule has 0 aromatic carbocycles. The van der Waals surface area contributed by atoms with E-state index in [1.807, 2.05) is 20.8 Å². The smallest absolute Gasteiger partial charge is 0.136 e. The molecule has 196 valence electrons. The number of aldehydes is 1. The van der Waals surface area contributed by atoms with Gasteiger partial charge in [0.05, 0.1) is 0 Å². The summed E-state index contributed by atoms with van der Waals surface area (Å²) in [7, 11) is 0. The van der Waals surface area contributed by atoms with Gasteiger partial charge in [-0.15, -0.1) is 6.58 Å². The lowest BCUT2D eigenvalue weighted by molar-refractivity contribution is -0.213. The first-order chi connectivity index (χ1) is 15.6. The number of rotatable bonds is 1. The molecular formula is C32H56O2. The zero-order valence-corrected chi connectivity index (χ0v) is 22.8. The van der Waals surface area contributed by atoms with Gasteiger partial charge < -0.3 is 4.79 Å². The molecule has 2 heteroatoms. The highest BCUT2D eigenvalue weighted by atomic mass is 16.1.